The first-order chi connectivity index (χ1) is 17.6. The fourth-order valence-electron chi connectivity index (χ4n) is 3.05. The average Bonchev–Trinajstić information content (AvgIpc) is 3.69. The van der Waals surface area contributed by atoms with Crippen molar-refractivity contribution in [3.63, 3.8) is 0 Å². The minimum atomic E-state index is -1.42. The smallest absolute Gasteiger partial charge is 0.321 e. The number of carboxylic acid groups (broad SMARTS) is 2. The number of hydrogen-bond donors (Lipinski definition) is 5. The Labute approximate surface area is 215 Å². The van der Waals surface area contributed by atoms with Crippen molar-refractivity contribution in [2.24, 2.45) is 5.41 Å². The molecule has 2 aromatic carbocycles. The summed E-state index contributed by atoms with van der Waals surface area (Å²) in [5.74, 6) is -0.602. The highest BCUT2D eigenvalue weighted by Gasteiger charge is 2.57. The van der Waals surface area contributed by atoms with E-state index in [9.17, 15) is 18.4 Å². The van der Waals surface area contributed by atoms with Gasteiger partial charge in [-0.05, 0) is 61.4 Å². The largest absolute Gasteiger partial charge is 0.480 e. The number of nitrogen functional groups attached to an aromatic ring is 2. The summed E-state index contributed by atoms with van der Waals surface area (Å²) in [6.45, 7) is 0.882. The van der Waals surface area contributed by atoms with Crippen LogP contribution in [0.4, 0.5) is 26.0 Å². The first-order valence-electron chi connectivity index (χ1n) is 11.2. The number of fused-ring (bicyclic) bond motifs is 1. The van der Waals surface area contributed by atoms with Crippen molar-refractivity contribution in [3.8, 4) is 11.5 Å². The van der Waals surface area contributed by atoms with E-state index in [2.05, 4.69) is 10.3 Å². The number of nitrogens with two attached hydrogens (primary N) is 2. The molecule has 0 amide bonds. The maximum absolute atomic E-state index is 13.8. The summed E-state index contributed by atoms with van der Waals surface area (Å²) in [7, 11) is 0. The van der Waals surface area contributed by atoms with Crippen LogP contribution in [0.5, 0.6) is 11.5 Å². The molecule has 1 fully saturated rings. The van der Waals surface area contributed by atoms with Crippen LogP contribution in [0, 0.1) is 17.0 Å². The molecule has 0 radical (unpaired) electrons. The summed E-state index contributed by atoms with van der Waals surface area (Å²) in [5, 5.41) is 19.8. The molecule has 0 spiro atoms. The highest BCUT2D eigenvalue weighted by molar-refractivity contribution is 7.99. The maximum atomic E-state index is 13.8. The van der Waals surface area contributed by atoms with Crippen LogP contribution in [0.2, 0.25) is 0 Å². The fourth-order valence-corrected chi connectivity index (χ4v) is 4.06. The number of benzene rings is 2. The number of nitrogens with zero attached hydrogens (tertiary/aromatic N) is 1. The Bertz CT molecular complexity index is 1220. The van der Waals surface area contributed by atoms with Crippen molar-refractivity contribution in [2.45, 2.75) is 24.2 Å². The van der Waals surface area contributed by atoms with Crippen molar-refractivity contribution < 1.29 is 33.3 Å². The van der Waals surface area contributed by atoms with Crippen molar-refractivity contribution in [1.29, 1.82) is 0 Å². The normalized spacial score (nSPS) is 14.6. The molecular formula is C25H26F2N4O5S. The molecule has 9 nitrogen and oxygen atoms in total. The Kier molecular flexibility index (Phi) is 9.12. The summed E-state index contributed by atoms with van der Waals surface area (Å²) >= 11 is 1.67. The van der Waals surface area contributed by atoms with Gasteiger partial charge in [0, 0.05) is 36.2 Å². The molecule has 37 heavy (non-hydrogen) atoms. The van der Waals surface area contributed by atoms with E-state index in [0.717, 1.165) is 29.4 Å². The van der Waals surface area contributed by atoms with E-state index in [4.69, 9.17) is 26.4 Å². The van der Waals surface area contributed by atoms with Crippen LogP contribution in [-0.4, -0.2) is 39.4 Å². The monoisotopic (exact) mass is 532 g/mol. The minimum absolute atomic E-state index is 0.164. The topological polar surface area (TPSA) is 161 Å². The predicted molar refractivity (Wildman–Crippen MR) is 137 cm³/mol. The van der Waals surface area contributed by atoms with Gasteiger partial charge in [-0.1, -0.05) is 0 Å². The van der Waals surface area contributed by atoms with E-state index in [1.807, 2.05) is 0 Å². The minimum Gasteiger partial charge on any atom is -0.480 e. The number of aliphatic carboxylic acids is 2. The van der Waals surface area contributed by atoms with Crippen LogP contribution in [-0.2, 0) is 9.59 Å². The quantitative estimate of drug-likeness (QED) is 0.232. The van der Waals surface area contributed by atoms with Crippen molar-refractivity contribution in [1.82, 2.24) is 4.98 Å². The van der Waals surface area contributed by atoms with Crippen LogP contribution in [0.1, 0.15) is 19.3 Å². The number of nitrogens with one attached hydrogen (secondary N) is 1. The van der Waals surface area contributed by atoms with E-state index in [0.29, 0.717) is 17.1 Å². The number of hydrogen-bond acceptors (Lipinski definition) is 8. The van der Waals surface area contributed by atoms with Gasteiger partial charge in [0.05, 0.1) is 4.90 Å². The van der Waals surface area contributed by atoms with Crippen molar-refractivity contribution >= 4 is 40.9 Å². The molecule has 12 heteroatoms. The van der Waals surface area contributed by atoms with E-state index < -0.39 is 23.2 Å². The Hall–Kier alpha value is -4.06. The third-order valence-corrected chi connectivity index (χ3v) is 6.52. The molecule has 1 aromatic heterocycles. The molecule has 0 atom stereocenters. The Morgan fingerprint density at radius 2 is 1.62 bits per heavy atom. The number of pyridine rings is 1. The molecule has 7 N–H and O–H groups in total. The van der Waals surface area contributed by atoms with Gasteiger partial charge in [-0.2, -0.15) is 0 Å². The SMILES string of the molecule is Nc1ccc(F)cc1.Nc1ccc(Oc2ccnc3c2SCCCN3)c(F)c1.O=C(O)C1(C(=O)O)CC1. The van der Waals surface area contributed by atoms with Crippen LogP contribution in [0.25, 0.3) is 0 Å². The number of halogens is 2. The molecule has 5 rings (SSSR count). The molecular weight excluding hydrogens is 506 g/mol. The number of rotatable bonds is 4. The molecule has 1 aliphatic heterocycles. The summed E-state index contributed by atoms with van der Waals surface area (Å²) in [6.07, 6.45) is 3.26. The fraction of sp³-hybridized carbons (Fsp3) is 0.240. The van der Waals surface area contributed by atoms with Crippen LogP contribution < -0.4 is 21.5 Å². The summed E-state index contributed by atoms with van der Waals surface area (Å²) < 4.78 is 31.5. The van der Waals surface area contributed by atoms with E-state index in [1.165, 1.54) is 36.4 Å². The van der Waals surface area contributed by atoms with Crippen LogP contribution in [0.3, 0.4) is 0 Å². The van der Waals surface area contributed by atoms with E-state index in [1.54, 1.807) is 30.1 Å². The number of carboxylic acids is 2. The van der Waals surface area contributed by atoms with Crippen molar-refractivity contribution in [2.75, 3.05) is 29.1 Å². The Balaban J connectivity index is 0.000000184. The average molecular weight is 533 g/mol. The third-order valence-electron chi connectivity index (χ3n) is 5.34. The Morgan fingerprint density at radius 1 is 0.973 bits per heavy atom. The van der Waals surface area contributed by atoms with E-state index in [-0.39, 0.29) is 24.4 Å². The first kappa shape index (κ1) is 27.5. The second-order valence-electron chi connectivity index (χ2n) is 8.15. The molecule has 1 saturated carbocycles. The summed E-state index contributed by atoms with van der Waals surface area (Å²) in [5.41, 5.74) is 10.3. The standard InChI is InChI=1S/C14H14FN3OS.C6H6FN.C5H6O4/c15-10-8-9(16)2-3-11(10)19-12-4-6-18-14-13(12)20-7-1-5-17-14;7-5-1-3-6(8)4-2-5;6-3(7)5(1-2-5)4(8)9/h2-4,6,8H,1,5,7,16H2,(H,17,18);1-4H,8H2;1-2H2,(H,6,7)(H,8,9). The van der Waals surface area contributed by atoms with Gasteiger partial charge >= 0.3 is 11.9 Å². The molecule has 2 heterocycles. The molecule has 1 aliphatic carbocycles. The van der Waals surface area contributed by atoms with Gasteiger partial charge in [-0.15, -0.1) is 11.8 Å². The van der Waals surface area contributed by atoms with Crippen molar-refractivity contribution in [3.05, 3.63) is 66.4 Å². The summed E-state index contributed by atoms with van der Waals surface area (Å²) in [6, 6.07) is 11.8. The molecule has 0 unspecified atom stereocenters. The number of carbonyl (C=O) groups is 2. The zero-order valence-corrected chi connectivity index (χ0v) is 20.4. The zero-order valence-electron chi connectivity index (χ0n) is 19.6. The molecule has 2 aliphatic rings. The van der Waals surface area contributed by atoms with Gasteiger partial charge in [0.2, 0.25) is 0 Å². The first-order valence-corrected chi connectivity index (χ1v) is 12.2. The van der Waals surface area contributed by atoms with Gasteiger partial charge in [-0.3, -0.25) is 9.59 Å². The van der Waals surface area contributed by atoms with Crippen LogP contribution >= 0.6 is 11.8 Å². The lowest BCUT2D eigenvalue weighted by Gasteiger charge is -2.13. The van der Waals surface area contributed by atoms with Gasteiger partial charge < -0.3 is 31.7 Å². The van der Waals surface area contributed by atoms with Crippen LogP contribution in [0.15, 0.2) is 59.6 Å². The van der Waals surface area contributed by atoms with E-state index >= 15 is 0 Å². The lowest BCUT2D eigenvalue weighted by molar-refractivity contribution is -0.156. The lowest BCUT2D eigenvalue weighted by atomic mass is 10.1. The second kappa shape index (κ2) is 12.3. The molecule has 196 valence electrons. The molecule has 3 aromatic rings. The number of anilines is 3. The highest BCUT2D eigenvalue weighted by Crippen LogP contribution is 2.46. The highest BCUT2D eigenvalue weighted by atomic mass is 32.2. The third kappa shape index (κ3) is 7.46. The van der Waals surface area contributed by atoms with Gasteiger partial charge in [0.1, 0.15) is 17.4 Å². The van der Waals surface area contributed by atoms with Gasteiger partial charge in [-0.25, -0.2) is 13.8 Å². The molecule has 0 saturated heterocycles. The molecule has 0 bridgehead atoms. The Morgan fingerprint density at radius 3 is 2.16 bits per heavy atom. The zero-order chi connectivity index (χ0) is 27.0. The predicted octanol–water partition coefficient (Wildman–Crippen LogP) is 4.85. The number of aromatic nitrogens is 1. The summed E-state index contributed by atoms with van der Waals surface area (Å²) in [4.78, 5) is 25.5. The number of thioether (sulfide) groups is 1. The number of ether oxygens (including phenoxy) is 1. The van der Waals surface area contributed by atoms with Gasteiger partial charge in [0.25, 0.3) is 0 Å². The maximum Gasteiger partial charge on any atom is 0.321 e. The van der Waals surface area contributed by atoms with Gasteiger partial charge in [0.15, 0.2) is 17.0 Å². The lowest BCUT2D eigenvalue weighted by Crippen LogP contribution is -2.24. The second-order valence-corrected chi connectivity index (χ2v) is 9.26.